The van der Waals surface area contributed by atoms with E-state index in [0.717, 1.165) is 17.3 Å². The van der Waals surface area contributed by atoms with Crippen LogP contribution in [0, 0.1) is 0 Å². The first-order valence-electron chi connectivity index (χ1n) is 9.84. The van der Waals surface area contributed by atoms with Gasteiger partial charge in [-0.1, -0.05) is 19.1 Å². The van der Waals surface area contributed by atoms with E-state index >= 15 is 0 Å². The number of hydrogen-bond donors (Lipinski definition) is 1. The summed E-state index contributed by atoms with van der Waals surface area (Å²) < 4.78 is 12.0. The normalized spacial score (nSPS) is 15.9. The summed E-state index contributed by atoms with van der Waals surface area (Å²) in [6.45, 7) is 3.99. The largest absolute Gasteiger partial charge is 0.493 e. The first kappa shape index (κ1) is 23.9. The SMILES string of the molecule is CC[C@H](C)N1C(=O)S/C(=C/c2cc(Br)c(OCc3ccc(C(=O)O)cc3)c(OC)c2)C1=O. The standard InChI is InChI=1S/C23H22BrNO6S/c1-4-13(2)25-21(26)19(32-23(25)29)11-15-9-17(24)20(18(10-15)30-3)31-12-14-5-7-16(8-6-14)22(27)28/h5-11,13H,4,12H2,1-3H3,(H,27,28)/b19-11+/t13-/m0/s1. The Morgan fingerprint density at radius 1 is 1.25 bits per heavy atom. The highest BCUT2D eigenvalue weighted by molar-refractivity contribution is 9.10. The van der Waals surface area contributed by atoms with Crippen molar-refractivity contribution in [3.63, 3.8) is 0 Å². The summed E-state index contributed by atoms with van der Waals surface area (Å²) in [7, 11) is 1.51. The Hall–Kier alpha value is -2.78. The fourth-order valence-electron chi connectivity index (χ4n) is 3.06. The zero-order valence-corrected chi connectivity index (χ0v) is 20.2. The maximum absolute atomic E-state index is 12.7. The first-order valence-corrected chi connectivity index (χ1v) is 11.5. The average Bonchev–Trinajstić information content (AvgIpc) is 3.05. The van der Waals surface area contributed by atoms with Gasteiger partial charge in [-0.3, -0.25) is 14.5 Å². The van der Waals surface area contributed by atoms with E-state index < -0.39 is 5.97 Å². The first-order chi connectivity index (χ1) is 15.2. The Balaban J connectivity index is 1.81. The molecular formula is C23H22BrNO6S. The van der Waals surface area contributed by atoms with Crippen molar-refractivity contribution in [3.8, 4) is 11.5 Å². The minimum Gasteiger partial charge on any atom is -0.493 e. The van der Waals surface area contributed by atoms with E-state index in [2.05, 4.69) is 15.9 Å². The molecule has 0 aromatic heterocycles. The van der Waals surface area contributed by atoms with E-state index in [1.807, 2.05) is 13.8 Å². The van der Waals surface area contributed by atoms with Crippen LogP contribution in [0.3, 0.4) is 0 Å². The van der Waals surface area contributed by atoms with Gasteiger partial charge in [-0.05, 0) is 82.5 Å². The lowest BCUT2D eigenvalue weighted by Gasteiger charge is -2.19. The lowest BCUT2D eigenvalue weighted by atomic mass is 10.1. The van der Waals surface area contributed by atoms with Crippen LogP contribution in [0.15, 0.2) is 45.8 Å². The van der Waals surface area contributed by atoms with Gasteiger partial charge in [0.2, 0.25) is 0 Å². The second-order valence-corrected chi connectivity index (χ2v) is 8.98. The molecule has 9 heteroatoms. The molecule has 1 saturated heterocycles. The molecule has 1 fully saturated rings. The molecule has 1 aliphatic heterocycles. The van der Waals surface area contributed by atoms with Gasteiger partial charge in [-0.25, -0.2) is 4.79 Å². The van der Waals surface area contributed by atoms with Crippen LogP contribution in [0.25, 0.3) is 6.08 Å². The van der Waals surface area contributed by atoms with Crippen molar-refractivity contribution in [3.05, 3.63) is 62.5 Å². The maximum Gasteiger partial charge on any atom is 0.335 e. The number of hydrogen-bond acceptors (Lipinski definition) is 6. The molecule has 0 aliphatic carbocycles. The minimum absolute atomic E-state index is 0.157. The molecule has 168 valence electrons. The van der Waals surface area contributed by atoms with Crippen LogP contribution in [-0.2, 0) is 11.4 Å². The molecule has 2 amide bonds. The van der Waals surface area contributed by atoms with E-state index in [9.17, 15) is 14.4 Å². The summed E-state index contributed by atoms with van der Waals surface area (Å²) in [5, 5.41) is 8.73. The van der Waals surface area contributed by atoms with Crippen molar-refractivity contribution in [2.45, 2.75) is 32.9 Å². The number of imide groups is 1. The fraction of sp³-hybridized carbons (Fsp3) is 0.261. The molecule has 1 N–H and O–H groups in total. The number of aromatic carboxylic acids is 1. The molecule has 0 spiro atoms. The second kappa shape index (κ2) is 10.2. The Morgan fingerprint density at radius 2 is 1.94 bits per heavy atom. The van der Waals surface area contributed by atoms with Crippen LogP contribution < -0.4 is 9.47 Å². The van der Waals surface area contributed by atoms with Gasteiger partial charge in [0, 0.05) is 6.04 Å². The van der Waals surface area contributed by atoms with Gasteiger partial charge in [0.05, 0.1) is 22.1 Å². The quantitative estimate of drug-likeness (QED) is 0.455. The third-order valence-corrected chi connectivity index (χ3v) is 6.46. The average molecular weight is 520 g/mol. The van der Waals surface area contributed by atoms with Crippen molar-refractivity contribution in [2.24, 2.45) is 0 Å². The number of carbonyl (C=O) groups excluding carboxylic acids is 2. The van der Waals surface area contributed by atoms with Gasteiger partial charge >= 0.3 is 5.97 Å². The predicted octanol–water partition coefficient (Wildman–Crippen LogP) is 5.57. The van der Waals surface area contributed by atoms with Crippen LogP contribution in [0.4, 0.5) is 4.79 Å². The third kappa shape index (κ3) is 5.16. The van der Waals surface area contributed by atoms with Crippen LogP contribution >= 0.6 is 27.7 Å². The summed E-state index contributed by atoms with van der Waals surface area (Å²) in [5.41, 5.74) is 1.68. The van der Waals surface area contributed by atoms with Crippen LogP contribution in [0.2, 0.25) is 0 Å². The number of carboxylic acid groups (broad SMARTS) is 1. The molecule has 0 saturated carbocycles. The molecule has 2 aromatic rings. The summed E-state index contributed by atoms with van der Waals surface area (Å²) in [5.74, 6) is -0.359. The van der Waals surface area contributed by atoms with E-state index in [0.29, 0.717) is 32.9 Å². The van der Waals surface area contributed by atoms with Gasteiger partial charge in [-0.2, -0.15) is 0 Å². The Bertz CT molecular complexity index is 1080. The molecule has 1 atom stereocenters. The lowest BCUT2D eigenvalue weighted by Crippen LogP contribution is -2.36. The molecule has 7 nitrogen and oxygen atoms in total. The molecule has 32 heavy (non-hydrogen) atoms. The number of nitrogens with zero attached hydrogens (tertiary/aromatic N) is 1. The Labute approximate surface area is 198 Å². The highest BCUT2D eigenvalue weighted by atomic mass is 79.9. The molecule has 0 bridgehead atoms. The number of amides is 2. The number of ether oxygens (including phenoxy) is 2. The van der Waals surface area contributed by atoms with Crippen molar-refractivity contribution in [2.75, 3.05) is 7.11 Å². The molecule has 0 unspecified atom stereocenters. The molecule has 3 rings (SSSR count). The van der Waals surface area contributed by atoms with Crippen LogP contribution in [0.5, 0.6) is 11.5 Å². The number of halogens is 1. The number of thioether (sulfide) groups is 1. The Morgan fingerprint density at radius 3 is 2.53 bits per heavy atom. The van der Waals surface area contributed by atoms with Gasteiger partial charge in [0.15, 0.2) is 11.5 Å². The number of methoxy groups -OCH3 is 1. The van der Waals surface area contributed by atoms with Crippen molar-refractivity contribution in [1.82, 2.24) is 4.90 Å². The molecule has 1 aliphatic rings. The van der Waals surface area contributed by atoms with Crippen molar-refractivity contribution < 1.29 is 29.0 Å². The third-order valence-electron chi connectivity index (χ3n) is 4.99. The molecular weight excluding hydrogens is 498 g/mol. The monoisotopic (exact) mass is 519 g/mol. The van der Waals surface area contributed by atoms with E-state index in [-0.39, 0.29) is 29.4 Å². The number of benzene rings is 2. The molecule has 2 aromatic carbocycles. The summed E-state index contributed by atoms with van der Waals surface area (Å²) >= 11 is 4.41. The van der Waals surface area contributed by atoms with E-state index in [1.54, 1.807) is 30.3 Å². The summed E-state index contributed by atoms with van der Waals surface area (Å²) in [4.78, 5) is 37.5. The summed E-state index contributed by atoms with van der Waals surface area (Å²) in [6.07, 6.45) is 2.35. The predicted molar refractivity (Wildman–Crippen MR) is 126 cm³/mol. The van der Waals surface area contributed by atoms with Crippen molar-refractivity contribution >= 4 is 50.9 Å². The highest BCUT2D eigenvalue weighted by Gasteiger charge is 2.37. The topological polar surface area (TPSA) is 93.1 Å². The van der Waals surface area contributed by atoms with Crippen LogP contribution in [0.1, 0.15) is 41.8 Å². The van der Waals surface area contributed by atoms with E-state index in [1.165, 1.54) is 24.1 Å². The number of carbonyl (C=O) groups is 3. The maximum atomic E-state index is 12.7. The highest BCUT2D eigenvalue weighted by Crippen LogP contribution is 2.40. The zero-order chi connectivity index (χ0) is 23.4. The van der Waals surface area contributed by atoms with Gasteiger partial charge in [-0.15, -0.1) is 0 Å². The van der Waals surface area contributed by atoms with Crippen LogP contribution in [-0.4, -0.2) is 40.3 Å². The Kier molecular flexibility index (Phi) is 7.63. The lowest BCUT2D eigenvalue weighted by molar-refractivity contribution is -0.124. The fourth-order valence-corrected chi connectivity index (χ4v) is 4.56. The smallest absolute Gasteiger partial charge is 0.335 e. The zero-order valence-electron chi connectivity index (χ0n) is 17.8. The van der Waals surface area contributed by atoms with Gasteiger partial charge < -0.3 is 14.6 Å². The van der Waals surface area contributed by atoms with Crippen molar-refractivity contribution in [1.29, 1.82) is 0 Å². The number of carboxylic acids is 1. The van der Waals surface area contributed by atoms with Gasteiger partial charge in [0.25, 0.3) is 11.1 Å². The molecule has 0 radical (unpaired) electrons. The summed E-state index contributed by atoms with van der Waals surface area (Å²) in [6, 6.07) is 9.76. The number of rotatable bonds is 8. The van der Waals surface area contributed by atoms with Gasteiger partial charge in [0.1, 0.15) is 6.61 Å². The molecule has 1 heterocycles. The minimum atomic E-state index is -0.987. The second-order valence-electron chi connectivity index (χ2n) is 7.13. The van der Waals surface area contributed by atoms with E-state index in [4.69, 9.17) is 14.6 Å².